The third-order valence-corrected chi connectivity index (χ3v) is 3.59. The lowest BCUT2D eigenvalue weighted by Gasteiger charge is -2.21. The van der Waals surface area contributed by atoms with E-state index in [2.05, 4.69) is 16.1 Å². The minimum absolute atomic E-state index is 0.631. The first kappa shape index (κ1) is 23.3. The average Bonchev–Trinajstić information content (AvgIpc) is 2.64. The fourth-order valence-corrected chi connectivity index (χ4v) is 2.38. The first-order chi connectivity index (χ1) is 13.8. The molecule has 13 heteroatoms. The standard InChI is InChI=1S/C17H7F11O2/c1-3-29-4(2)30-16-7(17(26,27)28)8(18)5(11(21)15(16)25)6-9(19)12(22)14(24)13(23)10(6)20/h3-4H,1H2,2H3. The minimum Gasteiger partial charge on any atom is -0.463 e. The Bertz CT molecular complexity index is 985. The maximum atomic E-state index is 14.6. The maximum Gasteiger partial charge on any atom is 0.422 e. The number of ether oxygens (including phenoxy) is 2. The molecule has 2 nitrogen and oxygen atoms in total. The SMILES string of the molecule is C=COC(C)Oc1c(F)c(F)c(-c2c(F)c(F)c(F)c(F)c2F)c(F)c1C(F)(F)F. The predicted octanol–water partition coefficient (Wildman–Crippen LogP) is 6.37. The Kier molecular flexibility index (Phi) is 6.23. The molecule has 0 aliphatic heterocycles. The van der Waals surface area contributed by atoms with E-state index in [0.717, 1.165) is 6.92 Å². The second-order valence-corrected chi connectivity index (χ2v) is 5.45. The van der Waals surface area contributed by atoms with Crippen LogP contribution in [0.4, 0.5) is 48.3 Å². The van der Waals surface area contributed by atoms with E-state index in [9.17, 15) is 48.3 Å². The van der Waals surface area contributed by atoms with Gasteiger partial charge in [0.15, 0.2) is 34.8 Å². The molecule has 0 aromatic heterocycles. The summed E-state index contributed by atoms with van der Waals surface area (Å²) >= 11 is 0. The van der Waals surface area contributed by atoms with Gasteiger partial charge in [0.05, 0.1) is 17.4 Å². The Hall–Kier alpha value is -2.99. The molecule has 0 saturated carbocycles. The van der Waals surface area contributed by atoms with Gasteiger partial charge in [-0.3, -0.25) is 0 Å². The van der Waals surface area contributed by atoms with E-state index >= 15 is 0 Å². The van der Waals surface area contributed by atoms with E-state index < -0.39 is 81.4 Å². The fourth-order valence-electron chi connectivity index (χ4n) is 2.38. The Labute approximate surface area is 160 Å². The van der Waals surface area contributed by atoms with Crippen LogP contribution < -0.4 is 4.74 Å². The third kappa shape index (κ3) is 3.75. The van der Waals surface area contributed by atoms with Gasteiger partial charge in [0.25, 0.3) is 0 Å². The molecule has 0 aliphatic carbocycles. The van der Waals surface area contributed by atoms with Crippen molar-refractivity contribution in [2.24, 2.45) is 0 Å². The highest BCUT2D eigenvalue weighted by Gasteiger charge is 2.45. The molecule has 1 unspecified atom stereocenters. The van der Waals surface area contributed by atoms with Crippen molar-refractivity contribution >= 4 is 0 Å². The Morgan fingerprint density at radius 1 is 0.700 bits per heavy atom. The molecule has 2 aromatic rings. The van der Waals surface area contributed by atoms with Crippen molar-refractivity contribution in [2.45, 2.75) is 19.4 Å². The van der Waals surface area contributed by atoms with E-state index in [-0.39, 0.29) is 0 Å². The van der Waals surface area contributed by atoms with Crippen LogP contribution in [0.5, 0.6) is 5.75 Å². The fraction of sp³-hybridized carbons (Fsp3) is 0.176. The van der Waals surface area contributed by atoms with E-state index in [1.807, 2.05) is 0 Å². The zero-order chi connectivity index (χ0) is 23.1. The van der Waals surface area contributed by atoms with Crippen LogP contribution in [0.3, 0.4) is 0 Å². The second kappa shape index (κ2) is 8.03. The predicted molar refractivity (Wildman–Crippen MR) is 77.9 cm³/mol. The molecule has 0 bridgehead atoms. The highest BCUT2D eigenvalue weighted by atomic mass is 19.4. The molecule has 0 fully saturated rings. The Morgan fingerprint density at radius 3 is 1.53 bits per heavy atom. The highest BCUT2D eigenvalue weighted by molar-refractivity contribution is 5.70. The smallest absolute Gasteiger partial charge is 0.422 e. The summed E-state index contributed by atoms with van der Waals surface area (Å²) in [5.74, 6) is -24.3. The molecule has 164 valence electrons. The summed E-state index contributed by atoms with van der Waals surface area (Å²) in [6, 6.07) is 0. The number of hydrogen-bond donors (Lipinski definition) is 0. The van der Waals surface area contributed by atoms with Crippen LogP contribution >= 0.6 is 0 Å². The van der Waals surface area contributed by atoms with Gasteiger partial charge in [-0.25, -0.2) is 30.7 Å². The molecule has 0 spiro atoms. The van der Waals surface area contributed by atoms with Gasteiger partial charge in [-0.15, -0.1) is 0 Å². The number of hydrogen-bond acceptors (Lipinski definition) is 2. The summed E-state index contributed by atoms with van der Waals surface area (Å²) in [5, 5.41) is 0. The van der Waals surface area contributed by atoms with Gasteiger partial charge in [-0.1, -0.05) is 6.58 Å². The van der Waals surface area contributed by atoms with Crippen LogP contribution in [0.15, 0.2) is 12.8 Å². The lowest BCUT2D eigenvalue weighted by molar-refractivity contribution is -0.143. The first-order valence-corrected chi connectivity index (χ1v) is 7.48. The zero-order valence-corrected chi connectivity index (χ0v) is 14.3. The second-order valence-electron chi connectivity index (χ2n) is 5.45. The molecule has 0 heterocycles. The van der Waals surface area contributed by atoms with Gasteiger partial charge in [0.2, 0.25) is 17.9 Å². The summed E-state index contributed by atoms with van der Waals surface area (Å²) in [7, 11) is 0. The summed E-state index contributed by atoms with van der Waals surface area (Å²) in [4.78, 5) is 0. The van der Waals surface area contributed by atoms with Gasteiger partial charge in [0.1, 0.15) is 11.4 Å². The monoisotopic (exact) mass is 452 g/mol. The van der Waals surface area contributed by atoms with Gasteiger partial charge < -0.3 is 9.47 Å². The Balaban J connectivity index is 2.99. The first-order valence-electron chi connectivity index (χ1n) is 7.48. The van der Waals surface area contributed by atoms with E-state index in [4.69, 9.17) is 0 Å². The van der Waals surface area contributed by atoms with Crippen molar-refractivity contribution in [1.82, 2.24) is 0 Å². The molecular formula is C17H7F11O2. The van der Waals surface area contributed by atoms with Gasteiger partial charge in [-0.2, -0.15) is 17.6 Å². The lowest BCUT2D eigenvalue weighted by atomic mass is 9.98. The van der Waals surface area contributed by atoms with Crippen LogP contribution in [0.25, 0.3) is 11.1 Å². The van der Waals surface area contributed by atoms with E-state index in [0.29, 0.717) is 6.26 Å². The van der Waals surface area contributed by atoms with E-state index in [1.54, 1.807) is 0 Å². The lowest BCUT2D eigenvalue weighted by Crippen LogP contribution is -2.21. The number of rotatable bonds is 5. The molecular weight excluding hydrogens is 445 g/mol. The highest BCUT2D eigenvalue weighted by Crippen LogP contribution is 2.46. The molecule has 2 rings (SSSR count). The molecule has 0 aliphatic rings. The summed E-state index contributed by atoms with van der Waals surface area (Å²) < 4.78 is 160. The molecule has 0 amide bonds. The molecule has 1 atom stereocenters. The largest absolute Gasteiger partial charge is 0.463 e. The van der Waals surface area contributed by atoms with Gasteiger partial charge >= 0.3 is 6.18 Å². The number of benzene rings is 2. The van der Waals surface area contributed by atoms with Crippen molar-refractivity contribution in [3.05, 3.63) is 64.9 Å². The summed E-state index contributed by atoms with van der Waals surface area (Å²) in [5.41, 5.74) is -7.62. The van der Waals surface area contributed by atoms with Gasteiger partial charge in [-0.05, 0) is 0 Å². The minimum atomic E-state index is -5.86. The summed E-state index contributed by atoms with van der Waals surface area (Å²) in [6.45, 7) is 3.89. The van der Waals surface area contributed by atoms with Crippen molar-refractivity contribution in [1.29, 1.82) is 0 Å². The van der Waals surface area contributed by atoms with Gasteiger partial charge in [0, 0.05) is 6.92 Å². The molecule has 0 N–H and O–H groups in total. The third-order valence-electron chi connectivity index (χ3n) is 3.59. The number of halogens is 11. The van der Waals surface area contributed by atoms with Crippen LogP contribution in [-0.2, 0) is 10.9 Å². The molecule has 30 heavy (non-hydrogen) atoms. The normalized spacial score (nSPS) is 12.7. The molecule has 0 saturated heterocycles. The summed E-state index contributed by atoms with van der Waals surface area (Å²) in [6.07, 6.45) is -7.01. The van der Waals surface area contributed by atoms with Crippen molar-refractivity contribution in [3.8, 4) is 16.9 Å². The maximum absolute atomic E-state index is 14.6. The van der Waals surface area contributed by atoms with Crippen LogP contribution in [0, 0.1) is 46.5 Å². The topological polar surface area (TPSA) is 18.5 Å². The average molecular weight is 452 g/mol. The zero-order valence-electron chi connectivity index (χ0n) is 14.3. The van der Waals surface area contributed by atoms with E-state index in [1.165, 1.54) is 0 Å². The Morgan fingerprint density at radius 2 is 1.10 bits per heavy atom. The van der Waals surface area contributed by atoms with Crippen LogP contribution in [0.2, 0.25) is 0 Å². The van der Waals surface area contributed by atoms with Crippen LogP contribution in [-0.4, -0.2) is 6.29 Å². The number of alkyl halides is 3. The van der Waals surface area contributed by atoms with Crippen LogP contribution in [0.1, 0.15) is 12.5 Å². The van der Waals surface area contributed by atoms with Crippen molar-refractivity contribution in [2.75, 3.05) is 0 Å². The van der Waals surface area contributed by atoms with Crippen molar-refractivity contribution in [3.63, 3.8) is 0 Å². The molecule has 0 radical (unpaired) electrons. The quantitative estimate of drug-likeness (QED) is 0.173. The molecule has 2 aromatic carbocycles. The van der Waals surface area contributed by atoms with Crippen molar-refractivity contribution < 1.29 is 57.8 Å².